The number of anilines is 1. The molecule has 0 aliphatic carbocycles. The van der Waals surface area contributed by atoms with Crippen LogP contribution in [-0.2, 0) is 6.54 Å². The Morgan fingerprint density at radius 1 is 1.00 bits per heavy atom. The molecule has 27 heavy (non-hydrogen) atoms. The van der Waals surface area contributed by atoms with E-state index in [9.17, 15) is 0 Å². The zero-order chi connectivity index (χ0) is 18.1. The molecule has 2 aromatic heterocycles. The van der Waals surface area contributed by atoms with E-state index in [0.717, 1.165) is 55.9 Å². The minimum atomic E-state index is 0.321. The summed E-state index contributed by atoms with van der Waals surface area (Å²) in [6.45, 7) is 5.07. The molecule has 0 atom stereocenters. The Labute approximate surface area is 162 Å². The molecule has 6 nitrogen and oxygen atoms in total. The third-order valence-corrected chi connectivity index (χ3v) is 5.81. The number of rotatable bonds is 4. The van der Waals surface area contributed by atoms with Crippen LogP contribution in [0.5, 0.6) is 11.5 Å². The van der Waals surface area contributed by atoms with E-state index in [0.29, 0.717) is 6.79 Å². The fourth-order valence-corrected chi connectivity index (χ4v) is 4.16. The van der Waals surface area contributed by atoms with Gasteiger partial charge in [0.2, 0.25) is 12.7 Å². The normalized spacial score (nSPS) is 16.7. The van der Waals surface area contributed by atoms with Crippen molar-refractivity contribution in [2.24, 2.45) is 0 Å². The largest absolute Gasteiger partial charge is 0.454 e. The molecule has 1 aromatic carbocycles. The van der Waals surface area contributed by atoms with Crippen molar-refractivity contribution in [3.8, 4) is 22.1 Å². The van der Waals surface area contributed by atoms with Crippen LogP contribution in [-0.4, -0.2) is 47.8 Å². The molecule has 7 heteroatoms. The number of fused-ring (bicyclic) bond motifs is 1. The van der Waals surface area contributed by atoms with Crippen molar-refractivity contribution in [2.45, 2.75) is 6.54 Å². The number of piperazine rings is 1. The Kier molecular flexibility index (Phi) is 4.39. The van der Waals surface area contributed by atoms with Gasteiger partial charge in [-0.1, -0.05) is 12.1 Å². The van der Waals surface area contributed by atoms with Crippen LogP contribution in [0.1, 0.15) is 5.56 Å². The molecule has 2 aliphatic rings. The maximum absolute atomic E-state index is 5.48. The minimum absolute atomic E-state index is 0.321. The van der Waals surface area contributed by atoms with E-state index in [-0.39, 0.29) is 0 Å². The van der Waals surface area contributed by atoms with E-state index in [1.165, 1.54) is 10.4 Å². The van der Waals surface area contributed by atoms with Gasteiger partial charge in [0.15, 0.2) is 11.5 Å². The average Bonchev–Trinajstić information content (AvgIpc) is 3.40. The standard InChI is InChI=1S/C20H20N4O2S/c1-2-19(27-11-1)16-5-6-21-20(22-16)24-9-7-23(8-10-24)13-15-3-4-17-18(12-15)26-14-25-17/h1-6,11-12H,7-10,13-14H2. The molecule has 0 amide bonds. The second-order valence-electron chi connectivity index (χ2n) is 6.67. The Bertz CT molecular complexity index is 923. The van der Waals surface area contributed by atoms with Crippen LogP contribution in [0.4, 0.5) is 5.95 Å². The van der Waals surface area contributed by atoms with Gasteiger partial charge in [0, 0.05) is 38.9 Å². The van der Waals surface area contributed by atoms with Crippen LogP contribution in [0.3, 0.4) is 0 Å². The molecule has 0 saturated carbocycles. The average molecular weight is 380 g/mol. The SMILES string of the molecule is c1csc(-c2ccnc(N3CCN(Cc4ccc5c(c4)OCO5)CC3)n2)c1. The molecule has 0 bridgehead atoms. The predicted molar refractivity (Wildman–Crippen MR) is 105 cm³/mol. The van der Waals surface area contributed by atoms with Crippen molar-refractivity contribution >= 4 is 17.3 Å². The van der Waals surface area contributed by atoms with Gasteiger partial charge in [-0.3, -0.25) is 4.90 Å². The van der Waals surface area contributed by atoms with Crippen molar-refractivity contribution in [3.63, 3.8) is 0 Å². The monoisotopic (exact) mass is 380 g/mol. The lowest BCUT2D eigenvalue weighted by Gasteiger charge is -2.34. The summed E-state index contributed by atoms with van der Waals surface area (Å²) in [7, 11) is 0. The van der Waals surface area contributed by atoms with Gasteiger partial charge < -0.3 is 14.4 Å². The van der Waals surface area contributed by atoms with Crippen LogP contribution in [0.15, 0.2) is 48.0 Å². The second kappa shape index (κ2) is 7.17. The van der Waals surface area contributed by atoms with E-state index in [1.807, 2.05) is 18.3 Å². The van der Waals surface area contributed by atoms with Crippen LogP contribution in [0, 0.1) is 0 Å². The first kappa shape index (κ1) is 16.5. The highest BCUT2D eigenvalue weighted by atomic mass is 32.1. The minimum Gasteiger partial charge on any atom is -0.454 e. The van der Waals surface area contributed by atoms with Gasteiger partial charge in [0.1, 0.15) is 0 Å². The topological polar surface area (TPSA) is 50.7 Å². The number of hydrogen-bond acceptors (Lipinski definition) is 7. The summed E-state index contributed by atoms with van der Waals surface area (Å²) in [5, 5.41) is 2.08. The Hall–Kier alpha value is -2.64. The molecule has 3 aromatic rings. The van der Waals surface area contributed by atoms with E-state index in [2.05, 4.69) is 44.4 Å². The predicted octanol–water partition coefficient (Wildman–Crippen LogP) is 3.26. The first-order valence-corrected chi connectivity index (χ1v) is 9.96. The third-order valence-electron chi connectivity index (χ3n) is 4.91. The molecule has 0 spiro atoms. The Morgan fingerprint density at radius 2 is 1.89 bits per heavy atom. The summed E-state index contributed by atoms with van der Waals surface area (Å²) in [4.78, 5) is 15.2. The van der Waals surface area contributed by atoms with Crippen molar-refractivity contribution in [3.05, 3.63) is 53.5 Å². The van der Waals surface area contributed by atoms with Gasteiger partial charge in [-0.15, -0.1) is 11.3 Å². The van der Waals surface area contributed by atoms with Gasteiger partial charge in [0.25, 0.3) is 0 Å². The molecule has 138 valence electrons. The summed E-state index contributed by atoms with van der Waals surface area (Å²) in [6, 6.07) is 12.3. The highest BCUT2D eigenvalue weighted by Gasteiger charge is 2.20. The number of ether oxygens (including phenoxy) is 2. The second-order valence-corrected chi connectivity index (χ2v) is 7.62. The highest BCUT2D eigenvalue weighted by molar-refractivity contribution is 7.13. The third kappa shape index (κ3) is 3.48. The maximum atomic E-state index is 5.48. The zero-order valence-corrected chi connectivity index (χ0v) is 15.7. The quantitative estimate of drug-likeness (QED) is 0.693. The van der Waals surface area contributed by atoms with Crippen molar-refractivity contribution in [2.75, 3.05) is 37.9 Å². The van der Waals surface area contributed by atoms with E-state index in [1.54, 1.807) is 11.3 Å². The summed E-state index contributed by atoms with van der Waals surface area (Å²) in [5.74, 6) is 2.51. The first-order chi connectivity index (χ1) is 13.3. The van der Waals surface area contributed by atoms with Crippen LogP contribution < -0.4 is 14.4 Å². The van der Waals surface area contributed by atoms with Gasteiger partial charge in [0.05, 0.1) is 10.6 Å². The van der Waals surface area contributed by atoms with Crippen molar-refractivity contribution < 1.29 is 9.47 Å². The first-order valence-electron chi connectivity index (χ1n) is 9.08. The molecule has 1 fully saturated rings. The number of hydrogen-bond donors (Lipinski definition) is 0. The summed E-state index contributed by atoms with van der Waals surface area (Å²) < 4.78 is 10.9. The maximum Gasteiger partial charge on any atom is 0.231 e. The molecule has 4 heterocycles. The van der Waals surface area contributed by atoms with Gasteiger partial charge in [-0.25, -0.2) is 9.97 Å². The zero-order valence-electron chi connectivity index (χ0n) is 14.9. The molecule has 0 unspecified atom stereocenters. The number of nitrogens with zero attached hydrogens (tertiary/aromatic N) is 4. The smallest absolute Gasteiger partial charge is 0.231 e. The lowest BCUT2D eigenvalue weighted by molar-refractivity contribution is 0.174. The van der Waals surface area contributed by atoms with Crippen molar-refractivity contribution in [1.82, 2.24) is 14.9 Å². The van der Waals surface area contributed by atoms with E-state index < -0.39 is 0 Å². The van der Waals surface area contributed by atoms with Crippen molar-refractivity contribution in [1.29, 1.82) is 0 Å². The van der Waals surface area contributed by atoms with Crippen LogP contribution in [0.2, 0.25) is 0 Å². The van der Waals surface area contributed by atoms with Gasteiger partial charge in [-0.2, -0.15) is 0 Å². The van der Waals surface area contributed by atoms with Gasteiger partial charge >= 0.3 is 0 Å². The lowest BCUT2D eigenvalue weighted by atomic mass is 10.1. The molecule has 5 rings (SSSR count). The molecule has 0 N–H and O–H groups in total. The van der Waals surface area contributed by atoms with Crippen LogP contribution in [0.25, 0.3) is 10.6 Å². The molecule has 2 aliphatic heterocycles. The molecule has 1 saturated heterocycles. The molecule has 0 radical (unpaired) electrons. The Morgan fingerprint density at radius 3 is 2.74 bits per heavy atom. The Balaban J connectivity index is 1.22. The van der Waals surface area contributed by atoms with E-state index in [4.69, 9.17) is 14.5 Å². The number of aromatic nitrogens is 2. The van der Waals surface area contributed by atoms with Gasteiger partial charge in [-0.05, 0) is 35.2 Å². The molecular weight excluding hydrogens is 360 g/mol. The summed E-state index contributed by atoms with van der Waals surface area (Å²) in [5.41, 5.74) is 2.25. The van der Waals surface area contributed by atoms with Crippen LogP contribution >= 0.6 is 11.3 Å². The summed E-state index contributed by atoms with van der Waals surface area (Å²) >= 11 is 1.71. The number of thiophene rings is 1. The molecular formula is C20H20N4O2S. The highest BCUT2D eigenvalue weighted by Crippen LogP contribution is 2.33. The van der Waals surface area contributed by atoms with E-state index >= 15 is 0 Å². The lowest BCUT2D eigenvalue weighted by Crippen LogP contribution is -2.46. The number of benzene rings is 1. The summed E-state index contributed by atoms with van der Waals surface area (Å²) in [6.07, 6.45) is 1.86. The fraction of sp³-hybridized carbons (Fsp3) is 0.300. The fourth-order valence-electron chi connectivity index (χ4n) is 3.47.